The topological polar surface area (TPSA) is 102 Å². The van der Waals surface area contributed by atoms with Crippen molar-refractivity contribution >= 4 is 15.7 Å². The van der Waals surface area contributed by atoms with Gasteiger partial charge in [0.2, 0.25) is 0 Å². The van der Waals surface area contributed by atoms with E-state index in [4.69, 9.17) is 9.47 Å². The summed E-state index contributed by atoms with van der Waals surface area (Å²) in [7, 11) is -1.76. The summed E-state index contributed by atoms with van der Waals surface area (Å²) in [5, 5.41) is 9.22. The molecule has 0 atom stereocenters. The second-order valence-electron chi connectivity index (χ2n) is 9.79. The van der Waals surface area contributed by atoms with Crippen LogP contribution in [0.4, 0.5) is 0 Å². The van der Waals surface area contributed by atoms with Crippen molar-refractivity contribution < 1.29 is 22.7 Å². The molecular weight excluding hydrogens is 490 g/mol. The van der Waals surface area contributed by atoms with Gasteiger partial charge in [-0.2, -0.15) is 5.26 Å². The molecule has 0 unspecified atom stereocenters. The lowest BCUT2D eigenvalue weighted by Crippen LogP contribution is -2.50. The summed E-state index contributed by atoms with van der Waals surface area (Å²) in [4.78, 5) is 15.2. The zero-order valence-corrected chi connectivity index (χ0v) is 21.9. The first-order chi connectivity index (χ1) is 17.7. The van der Waals surface area contributed by atoms with Gasteiger partial charge in [-0.3, -0.25) is 9.36 Å². The van der Waals surface area contributed by atoms with E-state index in [1.54, 1.807) is 38.0 Å². The molecule has 2 aliphatic heterocycles. The van der Waals surface area contributed by atoms with E-state index in [0.717, 1.165) is 16.9 Å². The summed E-state index contributed by atoms with van der Waals surface area (Å²) in [5.74, 6) is 0.548. The number of likely N-dealkylation sites (tertiary alicyclic amines) is 1. The van der Waals surface area contributed by atoms with Gasteiger partial charge in [0.05, 0.1) is 28.1 Å². The summed E-state index contributed by atoms with van der Waals surface area (Å²) in [6, 6.07) is 18.1. The molecule has 8 nitrogen and oxygen atoms in total. The minimum Gasteiger partial charge on any atom is -0.479 e. The Hall–Kier alpha value is -3.61. The molecule has 1 saturated heterocycles. The van der Waals surface area contributed by atoms with Crippen LogP contribution in [0.5, 0.6) is 5.75 Å². The van der Waals surface area contributed by atoms with E-state index in [9.17, 15) is 18.5 Å². The number of piperidine rings is 1. The Kier molecular flexibility index (Phi) is 6.34. The number of carbonyl (C=O) groups is 1. The van der Waals surface area contributed by atoms with Crippen molar-refractivity contribution in [1.82, 2.24) is 9.47 Å². The van der Waals surface area contributed by atoms with Crippen molar-refractivity contribution in [3.8, 4) is 17.5 Å². The summed E-state index contributed by atoms with van der Waals surface area (Å²) in [6.45, 7) is 4.65. The SMILES string of the molecule is COCc1ccc2c(c1)OC1(CCN(C(=O)c3ccc(S(=O)(=O)C(C)C)cc3)CC1)c1ccc(C#N)n1-2. The van der Waals surface area contributed by atoms with E-state index >= 15 is 0 Å². The van der Waals surface area contributed by atoms with Gasteiger partial charge in [0.25, 0.3) is 5.91 Å². The van der Waals surface area contributed by atoms with Gasteiger partial charge in [0.15, 0.2) is 15.4 Å². The molecule has 0 saturated carbocycles. The number of carbonyl (C=O) groups excluding carboxylic acids is 1. The van der Waals surface area contributed by atoms with Crippen LogP contribution in [0, 0.1) is 11.3 Å². The second kappa shape index (κ2) is 9.36. The zero-order chi connectivity index (χ0) is 26.4. The van der Waals surface area contributed by atoms with Gasteiger partial charge in [-0.05, 0) is 67.9 Å². The second-order valence-corrected chi connectivity index (χ2v) is 12.3. The molecule has 2 aliphatic rings. The maximum atomic E-state index is 13.3. The Morgan fingerprint density at radius 2 is 1.81 bits per heavy atom. The molecular formula is C28H29N3O5S. The van der Waals surface area contributed by atoms with Crippen LogP contribution in [-0.2, 0) is 26.8 Å². The van der Waals surface area contributed by atoms with Crippen molar-refractivity contribution in [3.05, 3.63) is 77.1 Å². The van der Waals surface area contributed by atoms with Crippen LogP contribution < -0.4 is 4.74 Å². The van der Waals surface area contributed by atoms with Gasteiger partial charge < -0.3 is 14.4 Å². The van der Waals surface area contributed by atoms with Gasteiger partial charge in [-0.15, -0.1) is 0 Å². The van der Waals surface area contributed by atoms with E-state index in [1.807, 2.05) is 34.9 Å². The number of hydrogen-bond acceptors (Lipinski definition) is 6. The predicted octanol–water partition coefficient (Wildman–Crippen LogP) is 4.20. The number of aromatic nitrogens is 1. The van der Waals surface area contributed by atoms with Crippen molar-refractivity contribution in [2.24, 2.45) is 0 Å². The average molecular weight is 520 g/mol. The third-order valence-corrected chi connectivity index (χ3v) is 9.42. The molecule has 9 heteroatoms. The Balaban J connectivity index is 1.39. The molecule has 192 valence electrons. The molecule has 5 rings (SSSR count). The number of ether oxygens (including phenoxy) is 2. The number of fused-ring (bicyclic) bond motifs is 4. The Morgan fingerprint density at radius 3 is 2.43 bits per heavy atom. The van der Waals surface area contributed by atoms with Gasteiger partial charge in [0.1, 0.15) is 17.5 Å². The minimum atomic E-state index is -3.40. The smallest absolute Gasteiger partial charge is 0.253 e. The highest BCUT2D eigenvalue weighted by atomic mass is 32.2. The van der Waals surface area contributed by atoms with E-state index in [1.165, 1.54) is 12.1 Å². The number of methoxy groups -OCH3 is 1. The van der Waals surface area contributed by atoms with Crippen molar-refractivity contribution in [3.63, 3.8) is 0 Å². The lowest BCUT2D eigenvalue weighted by Gasteiger charge is -2.45. The summed E-state index contributed by atoms with van der Waals surface area (Å²) >= 11 is 0. The van der Waals surface area contributed by atoms with Gasteiger partial charge in [-0.1, -0.05) is 6.07 Å². The number of hydrogen-bond donors (Lipinski definition) is 0. The maximum Gasteiger partial charge on any atom is 0.253 e. The monoisotopic (exact) mass is 519 g/mol. The van der Waals surface area contributed by atoms with Crippen LogP contribution in [0.3, 0.4) is 0 Å². The van der Waals surface area contributed by atoms with Gasteiger partial charge >= 0.3 is 0 Å². The first kappa shape index (κ1) is 25.1. The maximum absolute atomic E-state index is 13.3. The number of amides is 1. The zero-order valence-electron chi connectivity index (χ0n) is 21.1. The van der Waals surface area contributed by atoms with Crippen LogP contribution in [0.2, 0.25) is 0 Å². The highest BCUT2D eigenvalue weighted by Crippen LogP contribution is 2.46. The first-order valence-electron chi connectivity index (χ1n) is 12.3. The fraction of sp³-hybridized carbons (Fsp3) is 0.357. The molecule has 1 spiro atoms. The molecule has 0 N–H and O–H groups in total. The molecule has 1 amide bonds. The first-order valence-corrected chi connectivity index (χ1v) is 13.8. The van der Waals surface area contributed by atoms with Gasteiger partial charge in [-0.25, -0.2) is 8.42 Å². The molecule has 37 heavy (non-hydrogen) atoms. The van der Waals surface area contributed by atoms with E-state index in [0.29, 0.717) is 49.5 Å². The van der Waals surface area contributed by atoms with Crippen LogP contribution in [-0.4, -0.2) is 49.2 Å². The summed E-state index contributed by atoms with van der Waals surface area (Å²) in [6.07, 6.45) is 1.11. The normalized spacial score (nSPS) is 16.1. The molecule has 3 heterocycles. The molecule has 0 radical (unpaired) electrons. The Bertz CT molecular complexity index is 1490. The van der Waals surface area contributed by atoms with E-state index < -0.39 is 20.7 Å². The molecule has 2 aromatic carbocycles. The Morgan fingerprint density at radius 1 is 1.11 bits per heavy atom. The fourth-order valence-corrected chi connectivity index (χ4v) is 6.21. The quantitative estimate of drug-likeness (QED) is 0.501. The number of rotatable bonds is 5. The van der Waals surface area contributed by atoms with Crippen molar-refractivity contribution in [2.75, 3.05) is 20.2 Å². The highest BCUT2D eigenvalue weighted by molar-refractivity contribution is 7.92. The van der Waals surface area contributed by atoms with Crippen LogP contribution in [0.15, 0.2) is 59.5 Å². The third-order valence-electron chi connectivity index (χ3n) is 7.25. The predicted molar refractivity (Wildman–Crippen MR) is 137 cm³/mol. The molecule has 0 bridgehead atoms. The number of sulfone groups is 1. The van der Waals surface area contributed by atoms with Crippen LogP contribution in [0.1, 0.15) is 54.0 Å². The lowest BCUT2D eigenvalue weighted by molar-refractivity contribution is -0.00951. The molecule has 3 aromatic rings. The van der Waals surface area contributed by atoms with Crippen molar-refractivity contribution in [1.29, 1.82) is 5.26 Å². The number of nitriles is 1. The van der Waals surface area contributed by atoms with E-state index in [2.05, 4.69) is 6.07 Å². The standard InChI is InChI=1S/C28H29N3O5S/c1-19(2)37(33,34)23-8-5-21(6-9-23)27(32)30-14-12-28(13-15-30)26-11-7-22(17-29)31(26)24-10-4-20(18-35-3)16-25(24)36-28/h4-11,16,19H,12-15,18H2,1-3H3. The van der Waals surface area contributed by atoms with Crippen LogP contribution >= 0.6 is 0 Å². The molecule has 0 aliphatic carbocycles. The van der Waals surface area contributed by atoms with E-state index in [-0.39, 0.29) is 10.8 Å². The summed E-state index contributed by atoms with van der Waals surface area (Å²) in [5.41, 5.74) is 3.02. The largest absolute Gasteiger partial charge is 0.479 e. The third kappa shape index (κ3) is 4.20. The van der Waals surface area contributed by atoms with Crippen molar-refractivity contribution in [2.45, 2.75) is 49.0 Å². The summed E-state index contributed by atoms with van der Waals surface area (Å²) < 4.78 is 38.7. The highest BCUT2D eigenvalue weighted by Gasteiger charge is 2.45. The minimum absolute atomic E-state index is 0.143. The number of nitrogens with zero attached hydrogens (tertiary/aromatic N) is 3. The van der Waals surface area contributed by atoms with Gasteiger partial charge in [0, 0.05) is 38.6 Å². The number of benzene rings is 2. The van der Waals surface area contributed by atoms with Crippen LogP contribution in [0.25, 0.3) is 5.69 Å². The molecule has 1 fully saturated rings. The average Bonchev–Trinajstić information content (AvgIpc) is 3.34. The fourth-order valence-electron chi connectivity index (χ4n) is 5.15. The molecule has 1 aromatic heterocycles. The lowest BCUT2D eigenvalue weighted by atomic mass is 9.86. The Labute approximate surface area is 216 Å².